The van der Waals surface area contributed by atoms with E-state index in [-0.39, 0.29) is 18.1 Å². The van der Waals surface area contributed by atoms with Crippen molar-refractivity contribution in [3.8, 4) is 0 Å². The van der Waals surface area contributed by atoms with Crippen molar-refractivity contribution in [2.45, 2.75) is 13.3 Å². The number of rotatable bonds is 4. The van der Waals surface area contributed by atoms with E-state index in [1.807, 2.05) is 6.92 Å². The number of anilines is 1. The van der Waals surface area contributed by atoms with Crippen LogP contribution in [0, 0.1) is 12.7 Å². The molecule has 0 heterocycles. The monoisotopic (exact) mass is 302 g/mol. The summed E-state index contributed by atoms with van der Waals surface area (Å²) in [5, 5.41) is 2.71. The number of aryl methyl sites for hydroxylation is 1. The first kappa shape index (κ1) is 15.1. The van der Waals surface area contributed by atoms with E-state index >= 15 is 0 Å². The Kier molecular flexibility index (Phi) is 4.65. The molecule has 0 spiro atoms. The molecule has 2 aromatic carbocycles. The van der Waals surface area contributed by atoms with E-state index in [4.69, 9.17) is 18.0 Å². The van der Waals surface area contributed by atoms with Gasteiger partial charge < -0.3 is 11.1 Å². The number of benzene rings is 2. The number of carbonyl (C=O) groups excluding carboxylic acids is 1. The molecule has 0 aliphatic carbocycles. The van der Waals surface area contributed by atoms with Gasteiger partial charge >= 0.3 is 0 Å². The molecule has 0 aliphatic rings. The molecule has 0 saturated carbocycles. The molecule has 0 atom stereocenters. The zero-order valence-corrected chi connectivity index (χ0v) is 12.3. The lowest BCUT2D eigenvalue weighted by Crippen LogP contribution is -2.15. The van der Waals surface area contributed by atoms with Gasteiger partial charge in [-0.2, -0.15) is 0 Å². The third-order valence-electron chi connectivity index (χ3n) is 3.08. The van der Waals surface area contributed by atoms with Crippen molar-refractivity contribution in [2.24, 2.45) is 5.73 Å². The minimum atomic E-state index is -0.378. The molecule has 3 nitrogen and oxygen atoms in total. The molecule has 2 aromatic rings. The Labute approximate surface area is 128 Å². The molecule has 3 N–H and O–H groups in total. The molecule has 0 radical (unpaired) electrons. The molecule has 0 unspecified atom stereocenters. The Bertz CT molecular complexity index is 683. The molecule has 0 bridgehead atoms. The fourth-order valence-electron chi connectivity index (χ4n) is 1.90. The standard InChI is InChI=1S/C16H15FN2OS/c1-10-2-7-13(17)9-14(10)19-15(20)8-11-3-5-12(6-4-11)16(18)21/h2-7,9H,8H2,1H3,(H2,18,21)(H,19,20). The predicted molar refractivity (Wildman–Crippen MR) is 85.8 cm³/mol. The first-order chi connectivity index (χ1) is 9.95. The maximum absolute atomic E-state index is 13.2. The van der Waals surface area contributed by atoms with Crippen LogP contribution in [-0.4, -0.2) is 10.9 Å². The topological polar surface area (TPSA) is 55.1 Å². The van der Waals surface area contributed by atoms with E-state index in [1.54, 1.807) is 30.3 Å². The summed E-state index contributed by atoms with van der Waals surface area (Å²) in [6.07, 6.45) is 0.202. The summed E-state index contributed by atoms with van der Waals surface area (Å²) in [5.41, 5.74) is 8.41. The maximum atomic E-state index is 13.2. The first-order valence-electron chi connectivity index (χ1n) is 6.40. The van der Waals surface area contributed by atoms with Gasteiger partial charge in [0.1, 0.15) is 10.8 Å². The van der Waals surface area contributed by atoms with Crippen LogP contribution < -0.4 is 11.1 Å². The van der Waals surface area contributed by atoms with Crippen LogP contribution in [0.1, 0.15) is 16.7 Å². The van der Waals surface area contributed by atoms with Gasteiger partial charge in [0.25, 0.3) is 0 Å². The van der Waals surface area contributed by atoms with E-state index in [1.165, 1.54) is 12.1 Å². The molecule has 0 aliphatic heterocycles. The molecule has 0 fully saturated rings. The third kappa shape index (κ3) is 4.10. The average Bonchev–Trinajstić information content (AvgIpc) is 2.43. The molecule has 0 aromatic heterocycles. The normalized spacial score (nSPS) is 10.2. The zero-order valence-electron chi connectivity index (χ0n) is 11.5. The Morgan fingerprint density at radius 3 is 2.52 bits per heavy atom. The highest BCUT2D eigenvalue weighted by atomic mass is 32.1. The van der Waals surface area contributed by atoms with E-state index in [9.17, 15) is 9.18 Å². The van der Waals surface area contributed by atoms with Gasteiger partial charge in [-0.25, -0.2) is 4.39 Å². The zero-order chi connectivity index (χ0) is 15.4. The summed E-state index contributed by atoms with van der Waals surface area (Å²) >= 11 is 4.87. The van der Waals surface area contributed by atoms with Gasteiger partial charge in [-0.1, -0.05) is 42.5 Å². The lowest BCUT2D eigenvalue weighted by Gasteiger charge is -2.09. The molecule has 5 heteroatoms. The van der Waals surface area contributed by atoms with Crippen molar-refractivity contribution in [3.05, 3.63) is 65.0 Å². The van der Waals surface area contributed by atoms with Gasteiger partial charge in [0.2, 0.25) is 5.91 Å². The van der Waals surface area contributed by atoms with Gasteiger partial charge in [-0.05, 0) is 30.2 Å². The minimum absolute atomic E-state index is 0.202. The van der Waals surface area contributed by atoms with Gasteiger partial charge in [0.15, 0.2) is 0 Å². The molecule has 21 heavy (non-hydrogen) atoms. The summed E-state index contributed by atoms with van der Waals surface area (Å²) in [6, 6.07) is 11.4. The summed E-state index contributed by atoms with van der Waals surface area (Å²) < 4.78 is 13.2. The molecular formula is C16H15FN2OS. The van der Waals surface area contributed by atoms with Crippen molar-refractivity contribution in [2.75, 3.05) is 5.32 Å². The number of carbonyl (C=O) groups is 1. The maximum Gasteiger partial charge on any atom is 0.228 e. The summed E-state index contributed by atoms with van der Waals surface area (Å²) in [6.45, 7) is 1.81. The lowest BCUT2D eigenvalue weighted by atomic mass is 10.1. The van der Waals surface area contributed by atoms with Crippen LogP contribution in [0.25, 0.3) is 0 Å². The fourth-order valence-corrected chi connectivity index (χ4v) is 2.03. The number of thiocarbonyl (C=S) groups is 1. The Hall–Kier alpha value is -2.27. The van der Waals surface area contributed by atoms with Gasteiger partial charge in [-0.15, -0.1) is 0 Å². The summed E-state index contributed by atoms with van der Waals surface area (Å²) in [4.78, 5) is 12.3. The highest BCUT2D eigenvalue weighted by Gasteiger charge is 2.07. The molecule has 1 amide bonds. The molecule has 108 valence electrons. The van der Waals surface area contributed by atoms with E-state index < -0.39 is 0 Å². The van der Waals surface area contributed by atoms with Crippen LogP contribution in [0.2, 0.25) is 0 Å². The van der Waals surface area contributed by atoms with Gasteiger partial charge in [0.05, 0.1) is 6.42 Å². The average molecular weight is 302 g/mol. The lowest BCUT2D eigenvalue weighted by molar-refractivity contribution is -0.115. The van der Waals surface area contributed by atoms with Crippen molar-refractivity contribution in [1.29, 1.82) is 0 Å². The highest BCUT2D eigenvalue weighted by molar-refractivity contribution is 7.80. The van der Waals surface area contributed by atoms with Gasteiger partial charge in [0, 0.05) is 11.3 Å². The number of halogens is 1. The Morgan fingerprint density at radius 2 is 1.90 bits per heavy atom. The summed E-state index contributed by atoms with van der Waals surface area (Å²) in [7, 11) is 0. The van der Waals surface area contributed by atoms with Crippen LogP contribution in [0.15, 0.2) is 42.5 Å². The Morgan fingerprint density at radius 1 is 1.24 bits per heavy atom. The van der Waals surface area contributed by atoms with Crippen molar-refractivity contribution < 1.29 is 9.18 Å². The van der Waals surface area contributed by atoms with Crippen LogP contribution >= 0.6 is 12.2 Å². The third-order valence-corrected chi connectivity index (χ3v) is 3.31. The van der Waals surface area contributed by atoms with Crippen LogP contribution in [0.3, 0.4) is 0 Å². The number of nitrogens with one attached hydrogen (secondary N) is 1. The van der Waals surface area contributed by atoms with Crippen molar-refractivity contribution in [3.63, 3.8) is 0 Å². The number of hydrogen-bond acceptors (Lipinski definition) is 2. The molecule has 2 rings (SSSR count). The number of nitrogens with two attached hydrogens (primary N) is 1. The van der Waals surface area contributed by atoms with Crippen molar-refractivity contribution >= 4 is 28.8 Å². The van der Waals surface area contributed by atoms with Crippen molar-refractivity contribution in [1.82, 2.24) is 0 Å². The number of hydrogen-bond donors (Lipinski definition) is 2. The summed E-state index contributed by atoms with van der Waals surface area (Å²) in [5.74, 6) is -0.580. The van der Waals surface area contributed by atoms with E-state index in [0.29, 0.717) is 10.7 Å². The Balaban J connectivity index is 2.04. The van der Waals surface area contributed by atoms with Crippen LogP contribution in [0.5, 0.6) is 0 Å². The number of amides is 1. The first-order valence-corrected chi connectivity index (χ1v) is 6.81. The van der Waals surface area contributed by atoms with Gasteiger partial charge in [-0.3, -0.25) is 4.79 Å². The minimum Gasteiger partial charge on any atom is -0.389 e. The molecule has 0 saturated heterocycles. The predicted octanol–water partition coefficient (Wildman–Crippen LogP) is 2.95. The van der Waals surface area contributed by atoms with Crippen LogP contribution in [-0.2, 0) is 11.2 Å². The second kappa shape index (κ2) is 6.45. The van der Waals surface area contributed by atoms with Crippen LogP contribution in [0.4, 0.5) is 10.1 Å². The fraction of sp³-hybridized carbons (Fsp3) is 0.125. The smallest absolute Gasteiger partial charge is 0.228 e. The second-order valence-corrected chi connectivity index (χ2v) is 5.19. The second-order valence-electron chi connectivity index (χ2n) is 4.75. The largest absolute Gasteiger partial charge is 0.389 e. The van der Waals surface area contributed by atoms with E-state index in [2.05, 4.69) is 5.32 Å². The SMILES string of the molecule is Cc1ccc(F)cc1NC(=O)Cc1ccc(C(N)=S)cc1. The highest BCUT2D eigenvalue weighted by Crippen LogP contribution is 2.16. The quantitative estimate of drug-likeness (QED) is 0.854. The van der Waals surface area contributed by atoms with E-state index in [0.717, 1.165) is 16.7 Å². The molecular weight excluding hydrogens is 287 g/mol.